The summed E-state index contributed by atoms with van der Waals surface area (Å²) < 4.78 is 22.1. The summed E-state index contributed by atoms with van der Waals surface area (Å²) in [6, 6.07) is 5.16. The Morgan fingerprint density at radius 1 is 1.29 bits per heavy atom. The molecule has 1 rings (SSSR count). The van der Waals surface area contributed by atoms with Crippen LogP contribution in [0.15, 0.2) is 24.3 Å². The fraction of sp³-hybridized carbons (Fsp3) is 0.385. The number of aliphatic carboxylic acids is 1. The molecular weight excluding hydrogens is 296 g/mol. The third kappa shape index (κ3) is 5.92. The summed E-state index contributed by atoms with van der Waals surface area (Å²) >= 11 is 0. The number of amides is 1. The molecule has 116 valence electrons. The van der Waals surface area contributed by atoms with Crippen molar-refractivity contribution >= 4 is 21.7 Å². The van der Waals surface area contributed by atoms with Crippen LogP contribution in [0.4, 0.5) is 0 Å². The van der Waals surface area contributed by atoms with Crippen LogP contribution in [-0.2, 0) is 21.2 Å². The minimum Gasteiger partial charge on any atom is -0.480 e. The van der Waals surface area contributed by atoms with Crippen LogP contribution >= 0.6 is 0 Å². The van der Waals surface area contributed by atoms with E-state index in [1.54, 1.807) is 12.1 Å². The van der Waals surface area contributed by atoms with Crippen molar-refractivity contribution in [2.45, 2.75) is 19.0 Å². The maximum atomic E-state index is 11.9. The van der Waals surface area contributed by atoms with Gasteiger partial charge in [-0.3, -0.25) is 4.79 Å². The molecule has 0 fully saturated rings. The van der Waals surface area contributed by atoms with E-state index in [0.29, 0.717) is 6.54 Å². The summed E-state index contributed by atoms with van der Waals surface area (Å²) in [6.45, 7) is 0.341. The summed E-state index contributed by atoms with van der Waals surface area (Å²) in [5.41, 5.74) is 6.58. The Kier molecular flexibility index (Phi) is 5.86. The van der Waals surface area contributed by atoms with E-state index < -0.39 is 27.8 Å². The van der Waals surface area contributed by atoms with Crippen LogP contribution in [0, 0.1) is 0 Å². The van der Waals surface area contributed by atoms with E-state index in [1.807, 2.05) is 0 Å². The van der Waals surface area contributed by atoms with Gasteiger partial charge in [-0.25, -0.2) is 13.2 Å². The van der Waals surface area contributed by atoms with E-state index >= 15 is 0 Å². The monoisotopic (exact) mass is 314 g/mol. The Morgan fingerprint density at radius 2 is 1.86 bits per heavy atom. The second-order valence-corrected chi connectivity index (χ2v) is 6.94. The number of hydrogen-bond donors (Lipinski definition) is 3. The van der Waals surface area contributed by atoms with Crippen molar-refractivity contribution in [3.8, 4) is 0 Å². The highest BCUT2D eigenvalue weighted by molar-refractivity contribution is 7.90. The lowest BCUT2D eigenvalue weighted by atomic mass is 10.1. The first-order chi connectivity index (χ1) is 9.73. The summed E-state index contributed by atoms with van der Waals surface area (Å²) in [4.78, 5) is 23.0. The fourth-order valence-electron chi connectivity index (χ4n) is 1.62. The molecule has 1 amide bonds. The van der Waals surface area contributed by atoms with Gasteiger partial charge in [-0.2, -0.15) is 0 Å². The largest absolute Gasteiger partial charge is 0.480 e. The highest BCUT2D eigenvalue weighted by Gasteiger charge is 2.22. The van der Waals surface area contributed by atoms with Crippen LogP contribution in [0.25, 0.3) is 0 Å². The van der Waals surface area contributed by atoms with Gasteiger partial charge in [0.05, 0.1) is 5.75 Å². The molecule has 0 saturated carbocycles. The topological polar surface area (TPSA) is 127 Å². The number of hydrogen-bond acceptors (Lipinski definition) is 5. The van der Waals surface area contributed by atoms with Crippen LogP contribution in [0.1, 0.15) is 22.3 Å². The normalized spacial score (nSPS) is 12.7. The minimum absolute atomic E-state index is 0.180. The van der Waals surface area contributed by atoms with Gasteiger partial charge in [0.25, 0.3) is 5.91 Å². The number of carbonyl (C=O) groups is 2. The van der Waals surface area contributed by atoms with Crippen LogP contribution in [0.2, 0.25) is 0 Å². The van der Waals surface area contributed by atoms with Crippen molar-refractivity contribution in [1.82, 2.24) is 5.32 Å². The zero-order valence-corrected chi connectivity index (χ0v) is 12.4. The van der Waals surface area contributed by atoms with Gasteiger partial charge in [-0.05, 0) is 24.1 Å². The Hall–Kier alpha value is -1.93. The van der Waals surface area contributed by atoms with Gasteiger partial charge < -0.3 is 16.2 Å². The second-order valence-electron chi connectivity index (χ2n) is 4.68. The molecule has 0 spiro atoms. The molecule has 1 aromatic carbocycles. The lowest BCUT2D eigenvalue weighted by Crippen LogP contribution is -2.41. The van der Waals surface area contributed by atoms with Crippen LogP contribution in [0.3, 0.4) is 0 Å². The molecule has 0 saturated heterocycles. The summed E-state index contributed by atoms with van der Waals surface area (Å²) in [6.07, 6.45) is 0.833. The zero-order chi connectivity index (χ0) is 16.0. The molecule has 1 atom stereocenters. The molecule has 1 unspecified atom stereocenters. The average Bonchev–Trinajstić information content (AvgIpc) is 2.42. The molecule has 0 radical (unpaired) electrons. The fourth-order valence-corrected chi connectivity index (χ4v) is 2.29. The number of carboxylic acid groups (broad SMARTS) is 1. The van der Waals surface area contributed by atoms with Crippen molar-refractivity contribution in [2.75, 3.05) is 12.0 Å². The highest BCUT2D eigenvalue weighted by atomic mass is 32.2. The van der Waals surface area contributed by atoms with Gasteiger partial charge in [0, 0.05) is 18.4 Å². The summed E-state index contributed by atoms with van der Waals surface area (Å²) in [7, 11) is -3.29. The first-order valence-corrected chi connectivity index (χ1v) is 8.29. The van der Waals surface area contributed by atoms with Crippen molar-refractivity contribution in [1.29, 1.82) is 0 Å². The van der Waals surface area contributed by atoms with Crippen molar-refractivity contribution in [2.24, 2.45) is 5.73 Å². The van der Waals surface area contributed by atoms with Gasteiger partial charge in [0.15, 0.2) is 0 Å². The Morgan fingerprint density at radius 3 is 2.29 bits per heavy atom. The van der Waals surface area contributed by atoms with Gasteiger partial charge in [-0.1, -0.05) is 12.1 Å². The van der Waals surface area contributed by atoms with Crippen molar-refractivity contribution < 1.29 is 23.1 Å². The molecule has 0 aliphatic heterocycles. The maximum absolute atomic E-state index is 11.9. The molecule has 0 aliphatic rings. The molecular formula is C13H18N2O5S. The standard InChI is InChI=1S/C13H18N2O5S/c1-21(19,20)7-6-11(13(17)18)15-12(16)10-4-2-9(8-14)3-5-10/h2-5,11H,6-8,14H2,1H3,(H,15,16)(H,17,18). The molecule has 0 aliphatic carbocycles. The third-order valence-electron chi connectivity index (χ3n) is 2.83. The first-order valence-electron chi connectivity index (χ1n) is 6.23. The number of nitrogens with two attached hydrogens (primary N) is 1. The Balaban J connectivity index is 2.73. The Bertz CT molecular complexity index is 610. The number of sulfone groups is 1. The Labute approximate surface area is 123 Å². The number of carboxylic acids is 1. The van der Waals surface area contributed by atoms with E-state index in [9.17, 15) is 18.0 Å². The van der Waals surface area contributed by atoms with E-state index in [0.717, 1.165) is 11.8 Å². The second kappa shape index (κ2) is 7.19. The quantitative estimate of drug-likeness (QED) is 0.637. The van der Waals surface area contributed by atoms with Gasteiger partial charge in [0.1, 0.15) is 15.9 Å². The zero-order valence-electron chi connectivity index (χ0n) is 11.6. The SMILES string of the molecule is CS(=O)(=O)CCC(NC(=O)c1ccc(CN)cc1)C(=O)O. The molecule has 4 N–H and O–H groups in total. The lowest BCUT2D eigenvalue weighted by molar-refractivity contribution is -0.139. The number of carbonyl (C=O) groups excluding carboxylic acids is 1. The first kappa shape index (κ1) is 17.1. The third-order valence-corrected chi connectivity index (χ3v) is 3.81. The maximum Gasteiger partial charge on any atom is 0.326 e. The predicted octanol–water partition coefficient (Wildman–Crippen LogP) is -0.237. The van der Waals surface area contributed by atoms with E-state index in [4.69, 9.17) is 10.8 Å². The van der Waals surface area contributed by atoms with Gasteiger partial charge >= 0.3 is 5.97 Å². The summed E-state index contributed by atoms with van der Waals surface area (Å²) in [5.74, 6) is -2.15. The molecule has 0 bridgehead atoms. The van der Waals surface area contributed by atoms with Crippen molar-refractivity contribution in [3.63, 3.8) is 0 Å². The van der Waals surface area contributed by atoms with E-state index in [2.05, 4.69) is 5.32 Å². The van der Waals surface area contributed by atoms with Crippen molar-refractivity contribution in [3.05, 3.63) is 35.4 Å². The van der Waals surface area contributed by atoms with Crippen LogP contribution in [-0.4, -0.2) is 43.5 Å². The lowest BCUT2D eigenvalue weighted by Gasteiger charge is -2.14. The van der Waals surface area contributed by atoms with Gasteiger partial charge in [-0.15, -0.1) is 0 Å². The number of rotatable bonds is 7. The van der Waals surface area contributed by atoms with Crippen LogP contribution in [0.5, 0.6) is 0 Å². The number of nitrogens with one attached hydrogen (secondary N) is 1. The van der Waals surface area contributed by atoms with E-state index in [1.165, 1.54) is 12.1 Å². The minimum atomic E-state index is -3.29. The molecule has 0 heterocycles. The van der Waals surface area contributed by atoms with Gasteiger partial charge in [0.2, 0.25) is 0 Å². The molecule has 21 heavy (non-hydrogen) atoms. The smallest absolute Gasteiger partial charge is 0.326 e. The van der Waals surface area contributed by atoms with Crippen LogP contribution < -0.4 is 11.1 Å². The predicted molar refractivity (Wildman–Crippen MR) is 77.6 cm³/mol. The molecule has 8 heteroatoms. The molecule has 7 nitrogen and oxygen atoms in total. The highest BCUT2D eigenvalue weighted by Crippen LogP contribution is 2.05. The molecule has 0 aromatic heterocycles. The molecule has 1 aromatic rings. The van der Waals surface area contributed by atoms with E-state index in [-0.39, 0.29) is 17.7 Å². The summed E-state index contributed by atoms with van der Waals surface area (Å²) in [5, 5.41) is 11.3. The number of benzene rings is 1. The average molecular weight is 314 g/mol.